The fraction of sp³-hybridized carbons (Fsp3) is 0.545. The van der Waals surface area contributed by atoms with Crippen molar-refractivity contribution < 1.29 is 37.0 Å². The van der Waals surface area contributed by atoms with E-state index in [1.54, 1.807) is 49.8 Å². The van der Waals surface area contributed by atoms with Gasteiger partial charge >= 0.3 is 0 Å². The number of carbonyl (C=O) groups is 1. The van der Waals surface area contributed by atoms with E-state index in [0.717, 1.165) is 16.4 Å². The van der Waals surface area contributed by atoms with E-state index in [0.29, 0.717) is 36.5 Å². The quantitative estimate of drug-likeness (QED) is 0.133. The Kier molecular flexibility index (Phi) is 13.3. The number of hydrogen-bond donors (Lipinski definition) is 2. The van der Waals surface area contributed by atoms with Gasteiger partial charge in [0, 0.05) is 25.6 Å². The molecule has 1 amide bonds. The Bertz CT molecular complexity index is 1530. The second kappa shape index (κ2) is 16.5. The molecule has 0 saturated heterocycles. The van der Waals surface area contributed by atoms with Gasteiger partial charge in [-0.3, -0.25) is 10.0 Å². The molecule has 0 aliphatic rings. The highest BCUT2D eigenvalue weighted by molar-refractivity contribution is 7.89. The zero-order valence-corrected chi connectivity index (χ0v) is 29.1. The molecule has 260 valence electrons. The van der Waals surface area contributed by atoms with E-state index in [2.05, 4.69) is 10.3 Å². The van der Waals surface area contributed by atoms with Crippen molar-refractivity contribution in [2.24, 2.45) is 5.92 Å². The number of sulfonamides is 1. The van der Waals surface area contributed by atoms with E-state index in [9.17, 15) is 22.8 Å². The minimum absolute atomic E-state index is 0.0130. The Labute approximate surface area is 277 Å². The van der Waals surface area contributed by atoms with Gasteiger partial charge in [0.25, 0.3) is 5.91 Å². The monoisotopic (exact) mass is 677 g/mol. The molecule has 0 aliphatic heterocycles. The number of carbonyl (C=O) groups excluding carboxylic acids is 1. The fourth-order valence-electron chi connectivity index (χ4n) is 5.08. The lowest BCUT2D eigenvalue weighted by atomic mass is 9.96. The first kappa shape index (κ1) is 37.9. The third-order valence-corrected chi connectivity index (χ3v) is 9.84. The van der Waals surface area contributed by atoms with Crippen molar-refractivity contribution in [3.63, 3.8) is 0 Å². The van der Waals surface area contributed by atoms with Gasteiger partial charge in [-0.2, -0.15) is 4.31 Å². The number of ether oxygens (including phenoxy) is 3. The van der Waals surface area contributed by atoms with Gasteiger partial charge < -0.3 is 14.2 Å². The molecular formula is C33H48FN5O7S. The Hall–Kier alpha value is -3.59. The highest BCUT2D eigenvalue weighted by Gasteiger charge is 2.38. The molecule has 0 bridgehead atoms. The minimum atomic E-state index is -4.17. The van der Waals surface area contributed by atoms with Gasteiger partial charge in [0.05, 0.1) is 36.5 Å². The van der Waals surface area contributed by atoms with Crippen molar-refractivity contribution in [3.05, 3.63) is 66.0 Å². The normalized spacial score (nSPS) is 14.2. The first-order chi connectivity index (χ1) is 22.2. The molecule has 3 aromatic rings. The summed E-state index contributed by atoms with van der Waals surface area (Å²) < 4.78 is 60.6. The van der Waals surface area contributed by atoms with Crippen LogP contribution in [0.3, 0.4) is 0 Å². The van der Waals surface area contributed by atoms with Crippen LogP contribution < -0.4 is 15.0 Å². The van der Waals surface area contributed by atoms with E-state index in [-0.39, 0.29) is 18.0 Å². The molecule has 0 radical (unpaired) electrons. The summed E-state index contributed by atoms with van der Waals surface area (Å²) in [7, 11) is -2.69. The molecule has 1 aromatic heterocycles. The Morgan fingerprint density at radius 1 is 1.09 bits per heavy atom. The molecule has 2 unspecified atom stereocenters. The number of hydrogen-bond acceptors (Lipinski definition) is 9. The lowest BCUT2D eigenvalue weighted by Gasteiger charge is -2.32. The third-order valence-electron chi connectivity index (χ3n) is 8.00. The lowest BCUT2D eigenvalue weighted by molar-refractivity contribution is -0.134. The van der Waals surface area contributed by atoms with Crippen LogP contribution in [0.2, 0.25) is 0 Å². The van der Waals surface area contributed by atoms with Crippen LogP contribution >= 0.6 is 0 Å². The van der Waals surface area contributed by atoms with E-state index in [4.69, 9.17) is 14.2 Å². The fourth-order valence-corrected chi connectivity index (χ4v) is 6.79. The molecule has 0 spiro atoms. The number of aromatic nitrogens is 3. The highest BCUT2D eigenvalue weighted by atomic mass is 32.2. The van der Waals surface area contributed by atoms with E-state index >= 15 is 0 Å². The molecule has 14 heteroatoms. The van der Waals surface area contributed by atoms with Crippen molar-refractivity contribution in [2.45, 2.75) is 96.0 Å². The largest absolute Gasteiger partial charge is 0.497 e. The maximum absolute atomic E-state index is 13.8. The zero-order chi connectivity index (χ0) is 34.8. The van der Waals surface area contributed by atoms with Crippen LogP contribution in [-0.4, -0.2) is 76.5 Å². The van der Waals surface area contributed by atoms with Crippen LogP contribution in [-0.2, 0) is 39.1 Å². The van der Waals surface area contributed by atoms with Gasteiger partial charge in [-0.25, -0.2) is 23.0 Å². The Balaban J connectivity index is 1.70. The summed E-state index contributed by atoms with van der Waals surface area (Å²) in [6.07, 6.45) is 3.61. The van der Waals surface area contributed by atoms with E-state index in [1.807, 2.05) is 27.7 Å². The predicted octanol–water partition coefficient (Wildman–Crippen LogP) is 4.95. The summed E-state index contributed by atoms with van der Waals surface area (Å²) in [4.78, 5) is 12.7. The van der Waals surface area contributed by atoms with Gasteiger partial charge in [-0.15, -0.1) is 5.10 Å². The van der Waals surface area contributed by atoms with Crippen molar-refractivity contribution in [3.8, 4) is 11.5 Å². The smallest absolute Gasteiger partial charge is 0.262 e. The molecule has 2 N–H and O–H groups in total. The summed E-state index contributed by atoms with van der Waals surface area (Å²) in [6.45, 7) is 11.4. The van der Waals surface area contributed by atoms with E-state index in [1.165, 1.54) is 36.1 Å². The number of rotatable bonds is 19. The topological polar surface area (TPSA) is 145 Å². The van der Waals surface area contributed by atoms with Crippen LogP contribution in [0.5, 0.6) is 11.5 Å². The van der Waals surface area contributed by atoms with Crippen LogP contribution in [0, 0.1) is 5.92 Å². The molecule has 2 aromatic carbocycles. The van der Waals surface area contributed by atoms with Crippen LogP contribution in [0.1, 0.15) is 65.6 Å². The molecule has 0 saturated carbocycles. The van der Waals surface area contributed by atoms with Gasteiger partial charge in [0.15, 0.2) is 0 Å². The van der Waals surface area contributed by atoms with Crippen molar-refractivity contribution in [2.75, 3.05) is 20.4 Å². The summed E-state index contributed by atoms with van der Waals surface area (Å²) in [6, 6.07) is 11.7. The lowest BCUT2D eigenvalue weighted by Crippen LogP contribution is -2.51. The molecule has 0 fully saturated rings. The number of benzene rings is 2. The Morgan fingerprint density at radius 3 is 2.28 bits per heavy atom. The predicted molar refractivity (Wildman–Crippen MR) is 174 cm³/mol. The number of nitrogens with one attached hydrogen (secondary N) is 1. The zero-order valence-electron chi connectivity index (χ0n) is 28.3. The summed E-state index contributed by atoms with van der Waals surface area (Å²) in [5.41, 5.74) is 1.91. The number of alkyl halides is 1. The highest BCUT2D eigenvalue weighted by Crippen LogP contribution is 2.29. The molecule has 1 heterocycles. The number of halogens is 1. The van der Waals surface area contributed by atoms with Crippen molar-refractivity contribution in [1.82, 2.24) is 24.8 Å². The molecule has 0 aliphatic carbocycles. The second-order valence-electron chi connectivity index (χ2n) is 12.6. The van der Waals surface area contributed by atoms with Gasteiger partial charge in [0.2, 0.25) is 10.0 Å². The van der Waals surface area contributed by atoms with Crippen molar-refractivity contribution in [1.29, 1.82) is 0 Å². The average Bonchev–Trinajstić information content (AvgIpc) is 3.47. The first-order valence-corrected chi connectivity index (χ1v) is 17.1. The van der Waals surface area contributed by atoms with Crippen LogP contribution in [0.25, 0.3) is 0 Å². The molecular weight excluding hydrogens is 629 g/mol. The van der Waals surface area contributed by atoms with Gasteiger partial charge in [-0.05, 0) is 75.1 Å². The first-order valence-electron chi connectivity index (χ1n) is 15.6. The summed E-state index contributed by atoms with van der Waals surface area (Å²) in [5, 5.41) is 17.5. The number of aryl methyl sites for hydroxylation is 1. The summed E-state index contributed by atoms with van der Waals surface area (Å²) in [5.74, 6) is -0.210. The van der Waals surface area contributed by atoms with E-state index < -0.39 is 45.8 Å². The number of methoxy groups -OCH3 is 1. The number of amides is 1. The molecule has 3 rings (SSSR count). The number of nitrogens with zero attached hydrogens (tertiary/aromatic N) is 4. The standard InChI is InChI=1S/C33H48FN5O7S/c1-8-33(6,21-26-23-38(19-18-34)37-35-26)45-20-17-32(4,5)46-28-11-9-25(10-12-28)22-39(30(24(2)3)31(40)36-41)47(42,43)29-15-13-27(44-7)14-16-29/h9-16,23-24,30,41H,8,17-22H2,1-7H3,(H,36,40). The van der Waals surface area contributed by atoms with Gasteiger partial charge in [0.1, 0.15) is 29.8 Å². The SMILES string of the molecule is CCC(C)(Cc1cn(CCF)nn1)OCCC(C)(C)Oc1ccc(CN(C(C(=O)NO)C(C)C)S(=O)(=O)c2ccc(OC)cc2)cc1. The second-order valence-corrected chi connectivity index (χ2v) is 14.5. The average molecular weight is 678 g/mol. The molecule has 2 atom stereocenters. The Morgan fingerprint density at radius 2 is 1.72 bits per heavy atom. The maximum Gasteiger partial charge on any atom is 0.262 e. The van der Waals surface area contributed by atoms with Gasteiger partial charge in [-0.1, -0.05) is 38.1 Å². The third kappa shape index (κ3) is 10.4. The maximum atomic E-state index is 13.8. The molecule has 47 heavy (non-hydrogen) atoms. The number of hydroxylamine groups is 1. The summed E-state index contributed by atoms with van der Waals surface area (Å²) >= 11 is 0. The van der Waals surface area contributed by atoms with Crippen molar-refractivity contribution >= 4 is 15.9 Å². The minimum Gasteiger partial charge on any atom is -0.497 e. The van der Waals surface area contributed by atoms with Crippen LogP contribution in [0.15, 0.2) is 59.6 Å². The van der Waals surface area contributed by atoms with Crippen LogP contribution in [0.4, 0.5) is 4.39 Å². The molecule has 12 nitrogen and oxygen atoms in total.